The maximum atomic E-state index is 6.06. The molecule has 0 aliphatic carbocycles. The number of guanidine groups is 1. The van der Waals surface area contributed by atoms with Gasteiger partial charge in [-0.2, -0.15) is 0 Å². The molecule has 0 aromatic heterocycles. The van der Waals surface area contributed by atoms with E-state index in [9.17, 15) is 0 Å². The summed E-state index contributed by atoms with van der Waals surface area (Å²) >= 11 is 3.49. The zero-order valence-electron chi connectivity index (χ0n) is 11.3. The van der Waals surface area contributed by atoms with E-state index in [1.165, 1.54) is 19.3 Å². The van der Waals surface area contributed by atoms with Crippen molar-refractivity contribution in [2.75, 3.05) is 19.9 Å². The van der Waals surface area contributed by atoms with Gasteiger partial charge in [0.2, 0.25) is 6.79 Å². The first-order valence-electron chi connectivity index (χ1n) is 6.87. The molecule has 0 atom stereocenters. The molecule has 108 valence electrons. The van der Waals surface area contributed by atoms with Crippen molar-refractivity contribution in [1.29, 1.82) is 0 Å². The van der Waals surface area contributed by atoms with Crippen molar-refractivity contribution in [3.05, 3.63) is 22.2 Å². The SMILES string of the molecule is NC(=NCc1cc(Br)c2c(c1)OCO2)N1CCCCC1. The highest BCUT2D eigenvalue weighted by Crippen LogP contribution is 2.40. The predicted octanol–water partition coefficient (Wildman–Crippen LogP) is 2.48. The summed E-state index contributed by atoms with van der Waals surface area (Å²) in [6.45, 7) is 2.86. The lowest BCUT2D eigenvalue weighted by Crippen LogP contribution is -2.40. The number of nitrogens with two attached hydrogens (primary N) is 1. The van der Waals surface area contributed by atoms with Gasteiger partial charge in [0.05, 0.1) is 11.0 Å². The molecule has 0 radical (unpaired) electrons. The third kappa shape index (κ3) is 2.85. The van der Waals surface area contributed by atoms with Crippen LogP contribution in [0.5, 0.6) is 11.5 Å². The molecular weight excluding hydrogens is 322 g/mol. The van der Waals surface area contributed by atoms with Crippen LogP contribution in [0.3, 0.4) is 0 Å². The monoisotopic (exact) mass is 339 g/mol. The van der Waals surface area contributed by atoms with Gasteiger partial charge in [-0.15, -0.1) is 0 Å². The normalized spacial score (nSPS) is 18.4. The fraction of sp³-hybridized carbons (Fsp3) is 0.500. The quantitative estimate of drug-likeness (QED) is 0.664. The van der Waals surface area contributed by atoms with Gasteiger partial charge < -0.3 is 20.1 Å². The van der Waals surface area contributed by atoms with Gasteiger partial charge in [-0.05, 0) is 52.9 Å². The number of aliphatic imine (C=N–C) groups is 1. The van der Waals surface area contributed by atoms with Crippen LogP contribution >= 0.6 is 15.9 Å². The molecule has 2 N–H and O–H groups in total. The highest BCUT2D eigenvalue weighted by molar-refractivity contribution is 9.10. The Morgan fingerprint density at radius 3 is 2.85 bits per heavy atom. The van der Waals surface area contributed by atoms with Gasteiger partial charge in [-0.3, -0.25) is 0 Å². The smallest absolute Gasteiger partial charge is 0.231 e. The van der Waals surface area contributed by atoms with Gasteiger partial charge in [0, 0.05) is 13.1 Å². The molecule has 1 aromatic rings. The Balaban J connectivity index is 1.70. The summed E-state index contributed by atoms with van der Waals surface area (Å²) in [5, 5.41) is 0. The first-order chi connectivity index (χ1) is 9.74. The Morgan fingerprint density at radius 1 is 1.25 bits per heavy atom. The Bertz CT molecular complexity index is 527. The summed E-state index contributed by atoms with van der Waals surface area (Å²) in [5.41, 5.74) is 7.11. The Morgan fingerprint density at radius 2 is 2.05 bits per heavy atom. The number of hydrogen-bond acceptors (Lipinski definition) is 3. The number of halogens is 1. The van der Waals surface area contributed by atoms with Crippen molar-refractivity contribution in [3.8, 4) is 11.5 Å². The fourth-order valence-electron chi connectivity index (χ4n) is 2.51. The molecule has 0 saturated carbocycles. The number of rotatable bonds is 2. The average molecular weight is 340 g/mol. The van der Waals surface area contributed by atoms with Crippen LogP contribution in [0.4, 0.5) is 0 Å². The molecule has 5 nitrogen and oxygen atoms in total. The minimum Gasteiger partial charge on any atom is -0.454 e. The lowest BCUT2D eigenvalue weighted by Gasteiger charge is -2.27. The van der Waals surface area contributed by atoms with Crippen molar-refractivity contribution in [2.24, 2.45) is 10.7 Å². The van der Waals surface area contributed by atoms with E-state index < -0.39 is 0 Å². The zero-order valence-corrected chi connectivity index (χ0v) is 12.9. The molecule has 1 aromatic carbocycles. The van der Waals surface area contributed by atoms with Crippen molar-refractivity contribution in [2.45, 2.75) is 25.8 Å². The van der Waals surface area contributed by atoms with Crippen molar-refractivity contribution in [1.82, 2.24) is 4.90 Å². The molecule has 1 fully saturated rings. The molecule has 6 heteroatoms. The molecule has 0 unspecified atom stereocenters. The molecule has 0 spiro atoms. The number of fused-ring (bicyclic) bond motifs is 1. The minimum atomic E-state index is 0.274. The van der Waals surface area contributed by atoms with Crippen LogP contribution in [0.2, 0.25) is 0 Å². The van der Waals surface area contributed by atoms with Gasteiger partial charge in [-0.25, -0.2) is 4.99 Å². The number of nitrogens with zero attached hydrogens (tertiary/aromatic N) is 2. The second-order valence-electron chi connectivity index (χ2n) is 5.03. The summed E-state index contributed by atoms with van der Waals surface area (Å²) in [6.07, 6.45) is 3.69. The Labute approximate surface area is 126 Å². The molecule has 2 heterocycles. The molecule has 3 rings (SSSR count). The number of hydrogen-bond donors (Lipinski definition) is 1. The maximum absolute atomic E-state index is 6.06. The number of likely N-dealkylation sites (tertiary alicyclic amines) is 1. The topological polar surface area (TPSA) is 60.1 Å². The average Bonchev–Trinajstić information content (AvgIpc) is 2.94. The summed E-state index contributed by atoms with van der Waals surface area (Å²) < 4.78 is 11.7. The van der Waals surface area contributed by atoms with Crippen LogP contribution in [0.25, 0.3) is 0 Å². The van der Waals surface area contributed by atoms with Crippen molar-refractivity contribution < 1.29 is 9.47 Å². The first kappa shape index (κ1) is 13.5. The number of benzene rings is 1. The van der Waals surface area contributed by atoms with Gasteiger partial charge >= 0.3 is 0 Å². The van der Waals surface area contributed by atoms with E-state index in [1.807, 2.05) is 12.1 Å². The molecule has 20 heavy (non-hydrogen) atoms. The molecule has 0 amide bonds. The van der Waals surface area contributed by atoms with Crippen LogP contribution in [0.1, 0.15) is 24.8 Å². The molecular formula is C14H18BrN3O2. The minimum absolute atomic E-state index is 0.274. The van der Waals surface area contributed by atoms with Crippen LogP contribution in [0.15, 0.2) is 21.6 Å². The van der Waals surface area contributed by atoms with E-state index in [2.05, 4.69) is 25.8 Å². The van der Waals surface area contributed by atoms with E-state index in [1.54, 1.807) is 0 Å². The third-order valence-corrected chi connectivity index (χ3v) is 4.18. The van der Waals surface area contributed by atoms with Gasteiger partial charge in [-0.1, -0.05) is 0 Å². The van der Waals surface area contributed by atoms with Crippen LogP contribution in [-0.2, 0) is 6.54 Å². The van der Waals surface area contributed by atoms with Crippen molar-refractivity contribution >= 4 is 21.9 Å². The standard InChI is InChI=1S/C14H18BrN3O2/c15-11-6-10(7-12-13(11)20-9-19-12)8-17-14(16)18-4-2-1-3-5-18/h6-7H,1-5,8-9H2,(H2,16,17). The maximum Gasteiger partial charge on any atom is 0.231 e. The second kappa shape index (κ2) is 5.91. The van der Waals surface area contributed by atoms with Gasteiger partial charge in [0.25, 0.3) is 0 Å². The Hall–Kier alpha value is -1.43. The van der Waals surface area contributed by atoms with Crippen LogP contribution in [-0.4, -0.2) is 30.7 Å². The molecule has 0 bridgehead atoms. The predicted molar refractivity (Wildman–Crippen MR) is 81.0 cm³/mol. The van der Waals surface area contributed by atoms with E-state index >= 15 is 0 Å². The van der Waals surface area contributed by atoms with Crippen molar-refractivity contribution in [3.63, 3.8) is 0 Å². The summed E-state index contributed by atoms with van der Waals surface area (Å²) in [5.74, 6) is 2.17. The molecule has 2 aliphatic heterocycles. The van der Waals surface area contributed by atoms with E-state index in [-0.39, 0.29) is 6.79 Å². The Kier molecular flexibility index (Phi) is 4.00. The number of ether oxygens (including phenoxy) is 2. The lowest BCUT2D eigenvalue weighted by molar-refractivity contribution is 0.173. The summed E-state index contributed by atoms with van der Waals surface area (Å²) in [6, 6.07) is 3.96. The van der Waals surface area contributed by atoms with E-state index in [0.717, 1.165) is 34.6 Å². The van der Waals surface area contributed by atoms with Crippen LogP contribution in [0, 0.1) is 0 Å². The highest BCUT2D eigenvalue weighted by Gasteiger charge is 2.18. The second-order valence-corrected chi connectivity index (χ2v) is 5.89. The largest absolute Gasteiger partial charge is 0.454 e. The van der Waals surface area contributed by atoms with Crippen LogP contribution < -0.4 is 15.2 Å². The van der Waals surface area contributed by atoms with Gasteiger partial charge in [0.15, 0.2) is 17.5 Å². The number of piperidine rings is 1. The summed E-state index contributed by atoms with van der Waals surface area (Å²) in [7, 11) is 0. The molecule has 2 aliphatic rings. The fourth-order valence-corrected chi connectivity index (χ4v) is 3.11. The highest BCUT2D eigenvalue weighted by atomic mass is 79.9. The van der Waals surface area contributed by atoms with E-state index in [0.29, 0.717) is 12.5 Å². The lowest BCUT2D eigenvalue weighted by atomic mass is 10.1. The third-order valence-electron chi connectivity index (χ3n) is 3.59. The summed E-state index contributed by atoms with van der Waals surface area (Å²) in [4.78, 5) is 6.65. The first-order valence-corrected chi connectivity index (χ1v) is 7.66. The zero-order chi connectivity index (χ0) is 13.9. The van der Waals surface area contributed by atoms with E-state index in [4.69, 9.17) is 15.2 Å². The molecule has 1 saturated heterocycles. The van der Waals surface area contributed by atoms with Gasteiger partial charge in [0.1, 0.15) is 0 Å².